The highest BCUT2D eigenvalue weighted by atomic mass is 16.5. The van der Waals surface area contributed by atoms with Gasteiger partial charge in [-0.25, -0.2) is 0 Å². The predicted molar refractivity (Wildman–Crippen MR) is 76.6 cm³/mol. The van der Waals surface area contributed by atoms with Crippen molar-refractivity contribution in [2.75, 3.05) is 0 Å². The third-order valence-corrected chi connectivity index (χ3v) is 4.08. The first-order valence-electron chi connectivity index (χ1n) is 6.96. The molecule has 2 nitrogen and oxygen atoms in total. The molecule has 98 valence electrons. The van der Waals surface area contributed by atoms with E-state index in [-0.39, 0.29) is 5.97 Å². The summed E-state index contributed by atoms with van der Waals surface area (Å²) in [4.78, 5) is 11.5. The van der Waals surface area contributed by atoms with Gasteiger partial charge in [0, 0.05) is 5.39 Å². The SMILES string of the molecule is CCC(C)c1cccc2c3c(ccc12)CCC(=O)O3. The number of benzene rings is 2. The maximum atomic E-state index is 11.5. The number of esters is 1. The van der Waals surface area contributed by atoms with Gasteiger partial charge in [0.1, 0.15) is 5.75 Å². The average molecular weight is 254 g/mol. The Bertz CT molecular complexity index is 643. The molecule has 0 saturated carbocycles. The van der Waals surface area contributed by atoms with Gasteiger partial charge in [0.2, 0.25) is 0 Å². The quantitative estimate of drug-likeness (QED) is 0.593. The molecule has 3 rings (SSSR count). The van der Waals surface area contributed by atoms with Gasteiger partial charge in [-0.1, -0.05) is 44.2 Å². The minimum atomic E-state index is -0.117. The second-order valence-electron chi connectivity index (χ2n) is 5.28. The maximum Gasteiger partial charge on any atom is 0.311 e. The van der Waals surface area contributed by atoms with Crippen LogP contribution < -0.4 is 4.74 Å². The molecule has 0 aromatic heterocycles. The molecule has 2 heteroatoms. The van der Waals surface area contributed by atoms with Crippen molar-refractivity contribution in [2.45, 2.75) is 39.0 Å². The Morgan fingerprint density at radius 1 is 1.16 bits per heavy atom. The van der Waals surface area contributed by atoms with E-state index in [1.807, 2.05) is 0 Å². The van der Waals surface area contributed by atoms with Gasteiger partial charge in [0.15, 0.2) is 0 Å². The number of aryl methyl sites for hydroxylation is 1. The van der Waals surface area contributed by atoms with Gasteiger partial charge in [-0.3, -0.25) is 4.79 Å². The van der Waals surface area contributed by atoms with Crippen molar-refractivity contribution in [3.8, 4) is 5.75 Å². The summed E-state index contributed by atoms with van der Waals surface area (Å²) < 4.78 is 5.47. The number of carbonyl (C=O) groups is 1. The number of hydrogen-bond acceptors (Lipinski definition) is 2. The summed E-state index contributed by atoms with van der Waals surface area (Å²) >= 11 is 0. The van der Waals surface area contributed by atoms with Crippen LogP contribution in [0.25, 0.3) is 10.8 Å². The van der Waals surface area contributed by atoms with Crippen LogP contribution in [0.15, 0.2) is 30.3 Å². The Labute approximate surface area is 113 Å². The second-order valence-corrected chi connectivity index (χ2v) is 5.28. The first kappa shape index (κ1) is 12.2. The van der Waals surface area contributed by atoms with Gasteiger partial charge in [-0.05, 0) is 35.3 Å². The van der Waals surface area contributed by atoms with Crippen LogP contribution in [0.2, 0.25) is 0 Å². The van der Waals surface area contributed by atoms with E-state index in [0.29, 0.717) is 12.3 Å². The Balaban J connectivity index is 2.24. The van der Waals surface area contributed by atoms with E-state index in [4.69, 9.17) is 4.74 Å². The number of rotatable bonds is 2. The molecule has 1 aliphatic rings. The van der Waals surface area contributed by atoms with Crippen LogP contribution in [0.1, 0.15) is 43.7 Å². The summed E-state index contributed by atoms with van der Waals surface area (Å²) in [5.41, 5.74) is 2.48. The molecular formula is C17H18O2. The third kappa shape index (κ3) is 2.01. The van der Waals surface area contributed by atoms with Crippen LogP contribution in [0.4, 0.5) is 0 Å². The van der Waals surface area contributed by atoms with Gasteiger partial charge in [-0.15, -0.1) is 0 Å². The molecule has 0 fully saturated rings. The van der Waals surface area contributed by atoms with Crippen LogP contribution in [-0.2, 0) is 11.2 Å². The van der Waals surface area contributed by atoms with Crippen LogP contribution in [0.3, 0.4) is 0 Å². The van der Waals surface area contributed by atoms with E-state index in [0.717, 1.165) is 29.5 Å². The zero-order valence-corrected chi connectivity index (χ0v) is 11.4. The fourth-order valence-corrected chi connectivity index (χ4v) is 2.77. The molecule has 0 saturated heterocycles. The molecule has 2 aromatic carbocycles. The first-order chi connectivity index (χ1) is 9.20. The lowest BCUT2D eigenvalue weighted by Crippen LogP contribution is -2.16. The van der Waals surface area contributed by atoms with Crippen LogP contribution >= 0.6 is 0 Å². The highest BCUT2D eigenvalue weighted by Gasteiger charge is 2.20. The molecule has 0 radical (unpaired) electrons. The topological polar surface area (TPSA) is 26.3 Å². The molecule has 0 bridgehead atoms. The Morgan fingerprint density at radius 2 is 2.00 bits per heavy atom. The number of ether oxygens (including phenoxy) is 1. The van der Waals surface area contributed by atoms with Crippen molar-refractivity contribution >= 4 is 16.7 Å². The number of hydrogen-bond donors (Lipinski definition) is 0. The molecule has 19 heavy (non-hydrogen) atoms. The lowest BCUT2D eigenvalue weighted by molar-refractivity contribution is -0.135. The van der Waals surface area contributed by atoms with Crippen molar-refractivity contribution in [3.05, 3.63) is 41.5 Å². The van der Waals surface area contributed by atoms with Crippen molar-refractivity contribution < 1.29 is 9.53 Å². The molecule has 1 atom stereocenters. The van der Waals surface area contributed by atoms with Crippen LogP contribution in [-0.4, -0.2) is 5.97 Å². The first-order valence-corrected chi connectivity index (χ1v) is 6.96. The average Bonchev–Trinajstić information content (AvgIpc) is 2.45. The fraction of sp³-hybridized carbons (Fsp3) is 0.353. The number of carbonyl (C=O) groups excluding carboxylic acids is 1. The lowest BCUT2D eigenvalue weighted by Gasteiger charge is -2.20. The molecule has 2 aromatic rings. The highest BCUT2D eigenvalue weighted by molar-refractivity contribution is 5.95. The van der Waals surface area contributed by atoms with E-state index in [1.165, 1.54) is 10.9 Å². The Hall–Kier alpha value is -1.83. The van der Waals surface area contributed by atoms with Crippen molar-refractivity contribution in [1.29, 1.82) is 0 Å². The summed E-state index contributed by atoms with van der Waals surface area (Å²) in [6.45, 7) is 4.43. The fourth-order valence-electron chi connectivity index (χ4n) is 2.77. The van der Waals surface area contributed by atoms with Gasteiger partial charge >= 0.3 is 5.97 Å². The minimum Gasteiger partial charge on any atom is -0.426 e. The molecule has 0 spiro atoms. The maximum absolute atomic E-state index is 11.5. The van der Waals surface area contributed by atoms with Crippen molar-refractivity contribution in [3.63, 3.8) is 0 Å². The van der Waals surface area contributed by atoms with E-state index < -0.39 is 0 Å². The van der Waals surface area contributed by atoms with Crippen LogP contribution in [0, 0.1) is 0 Å². The van der Waals surface area contributed by atoms with E-state index in [9.17, 15) is 4.79 Å². The van der Waals surface area contributed by atoms with E-state index >= 15 is 0 Å². The van der Waals surface area contributed by atoms with E-state index in [1.54, 1.807) is 0 Å². The van der Waals surface area contributed by atoms with Crippen molar-refractivity contribution in [2.24, 2.45) is 0 Å². The molecule has 1 unspecified atom stereocenters. The predicted octanol–water partition coefficient (Wildman–Crippen LogP) is 4.20. The summed E-state index contributed by atoms with van der Waals surface area (Å²) in [6, 6.07) is 10.6. The molecule has 0 amide bonds. The third-order valence-electron chi connectivity index (χ3n) is 4.08. The van der Waals surface area contributed by atoms with Crippen LogP contribution in [0.5, 0.6) is 5.75 Å². The largest absolute Gasteiger partial charge is 0.426 e. The smallest absolute Gasteiger partial charge is 0.311 e. The summed E-state index contributed by atoms with van der Waals surface area (Å²) in [5, 5.41) is 2.29. The van der Waals surface area contributed by atoms with E-state index in [2.05, 4.69) is 44.2 Å². The molecule has 1 heterocycles. The van der Waals surface area contributed by atoms with Crippen molar-refractivity contribution in [1.82, 2.24) is 0 Å². The lowest BCUT2D eigenvalue weighted by atomic mass is 9.91. The molecule has 1 aliphatic heterocycles. The number of fused-ring (bicyclic) bond motifs is 3. The van der Waals surface area contributed by atoms with Gasteiger partial charge < -0.3 is 4.74 Å². The monoisotopic (exact) mass is 254 g/mol. The zero-order chi connectivity index (χ0) is 13.4. The Morgan fingerprint density at radius 3 is 2.79 bits per heavy atom. The normalized spacial score (nSPS) is 16.0. The van der Waals surface area contributed by atoms with Gasteiger partial charge in [0.05, 0.1) is 6.42 Å². The summed E-state index contributed by atoms with van der Waals surface area (Å²) in [5.74, 6) is 1.17. The summed E-state index contributed by atoms with van der Waals surface area (Å²) in [6.07, 6.45) is 2.39. The summed E-state index contributed by atoms with van der Waals surface area (Å²) in [7, 11) is 0. The molecule has 0 N–H and O–H groups in total. The zero-order valence-electron chi connectivity index (χ0n) is 11.4. The minimum absolute atomic E-state index is 0.117. The molecule has 0 aliphatic carbocycles. The standard InChI is InChI=1S/C17H18O2/c1-3-11(2)13-5-4-6-15-14(13)9-7-12-8-10-16(18)19-17(12)15/h4-7,9,11H,3,8,10H2,1-2H3. The molecular weight excluding hydrogens is 236 g/mol. The Kier molecular flexibility index (Phi) is 3.02. The van der Waals surface area contributed by atoms with Gasteiger partial charge in [0.25, 0.3) is 0 Å². The highest BCUT2D eigenvalue weighted by Crippen LogP contribution is 2.37. The van der Waals surface area contributed by atoms with Gasteiger partial charge in [-0.2, -0.15) is 0 Å². The second kappa shape index (κ2) is 4.69.